The van der Waals surface area contributed by atoms with Crippen LogP contribution in [0.3, 0.4) is 0 Å². The van der Waals surface area contributed by atoms with E-state index in [1.807, 2.05) is 0 Å². The Morgan fingerprint density at radius 3 is 2.25 bits per heavy atom. The lowest BCUT2D eigenvalue weighted by Gasteiger charge is -2.18. The molecule has 1 atom stereocenters. The maximum absolute atomic E-state index is 12.3. The van der Waals surface area contributed by atoms with Crippen LogP contribution in [0.1, 0.15) is 43.0 Å². The molecule has 1 saturated carbocycles. The molecular weight excluding hydrogens is 330 g/mol. The first kappa shape index (κ1) is 18.4. The summed E-state index contributed by atoms with van der Waals surface area (Å²) >= 11 is 0. The van der Waals surface area contributed by atoms with Gasteiger partial charge in [-0.15, -0.1) is 0 Å². The van der Waals surface area contributed by atoms with Gasteiger partial charge in [0.1, 0.15) is 0 Å². The van der Waals surface area contributed by atoms with Crippen molar-refractivity contribution in [2.24, 2.45) is 0 Å². The maximum Gasteiger partial charge on any atom is 0.251 e. The molecule has 0 saturated heterocycles. The average Bonchev–Trinajstić information content (AvgIpc) is 3.06. The fourth-order valence-corrected chi connectivity index (χ4v) is 3.88. The highest BCUT2D eigenvalue weighted by molar-refractivity contribution is 7.89. The van der Waals surface area contributed by atoms with E-state index in [2.05, 4.69) is 15.4 Å². The molecule has 1 fully saturated rings. The van der Waals surface area contributed by atoms with Gasteiger partial charge in [-0.1, -0.05) is 12.8 Å². The van der Waals surface area contributed by atoms with Gasteiger partial charge in [-0.25, -0.2) is 8.42 Å². The van der Waals surface area contributed by atoms with Crippen LogP contribution in [-0.4, -0.2) is 39.4 Å². The Balaban J connectivity index is 2.01. The van der Waals surface area contributed by atoms with Crippen molar-refractivity contribution < 1.29 is 18.0 Å². The predicted molar refractivity (Wildman–Crippen MR) is 90.0 cm³/mol. The van der Waals surface area contributed by atoms with Crippen molar-refractivity contribution in [2.45, 2.75) is 49.6 Å². The number of carbonyl (C=O) groups is 2. The Bertz CT molecular complexity index is 695. The number of hydrogen-bond acceptors (Lipinski definition) is 4. The second-order valence-corrected chi connectivity index (χ2v) is 7.65. The van der Waals surface area contributed by atoms with Crippen LogP contribution in [0.5, 0.6) is 0 Å². The van der Waals surface area contributed by atoms with Crippen molar-refractivity contribution >= 4 is 21.8 Å². The molecule has 132 valence electrons. The van der Waals surface area contributed by atoms with Crippen LogP contribution in [0.15, 0.2) is 29.2 Å². The van der Waals surface area contributed by atoms with Crippen molar-refractivity contribution in [3.05, 3.63) is 29.8 Å². The van der Waals surface area contributed by atoms with Gasteiger partial charge in [-0.3, -0.25) is 9.59 Å². The smallest absolute Gasteiger partial charge is 0.251 e. The normalized spacial score (nSPS) is 16.6. The second-order valence-electron chi connectivity index (χ2n) is 5.94. The molecule has 24 heavy (non-hydrogen) atoms. The zero-order valence-corrected chi connectivity index (χ0v) is 14.7. The van der Waals surface area contributed by atoms with E-state index in [-0.39, 0.29) is 22.8 Å². The van der Waals surface area contributed by atoms with E-state index < -0.39 is 16.1 Å². The second kappa shape index (κ2) is 7.76. The van der Waals surface area contributed by atoms with Crippen molar-refractivity contribution in [1.29, 1.82) is 0 Å². The molecule has 7 nitrogen and oxygen atoms in total. The van der Waals surface area contributed by atoms with Gasteiger partial charge in [-0.2, -0.15) is 4.72 Å². The Labute approximate surface area is 142 Å². The summed E-state index contributed by atoms with van der Waals surface area (Å²) in [5.74, 6) is -0.622. The summed E-state index contributed by atoms with van der Waals surface area (Å²) < 4.78 is 27.1. The third-order valence-corrected chi connectivity index (χ3v) is 5.64. The Morgan fingerprint density at radius 2 is 1.71 bits per heavy atom. The van der Waals surface area contributed by atoms with Crippen LogP contribution < -0.4 is 15.4 Å². The molecule has 3 N–H and O–H groups in total. The average molecular weight is 353 g/mol. The lowest BCUT2D eigenvalue weighted by atomic mass is 10.2. The van der Waals surface area contributed by atoms with E-state index in [1.165, 1.54) is 38.2 Å². The molecule has 0 aliphatic heterocycles. The molecule has 1 aliphatic rings. The van der Waals surface area contributed by atoms with E-state index in [9.17, 15) is 18.0 Å². The van der Waals surface area contributed by atoms with Crippen LogP contribution >= 0.6 is 0 Å². The van der Waals surface area contributed by atoms with Crippen LogP contribution in [0, 0.1) is 0 Å². The van der Waals surface area contributed by atoms with Gasteiger partial charge >= 0.3 is 0 Å². The van der Waals surface area contributed by atoms with Crippen LogP contribution in [-0.2, 0) is 14.8 Å². The van der Waals surface area contributed by atoms with E-state index in [4.69, 9.17) is 0 Å². The number of sulfonamides is 1. The minimum atomic E-state index is -3.83. The third kappa shape index (κ3) is 4.55. The van der Waals surface area contributed by atoms with E-state index >= 15 is 0 Å². The number of hydrogen-bond donors (Lipinski definition) is 3. The summed E-state index contributed by atoms with van der Waals surface area (Å²) in [6, 6.07) is 4.81. The molecule has 1 aliphatic carbocycles. The van der Waals surface area contributed by atoms with Gasteiger partial charge in [0.15, 0.2) is 0 Å². The summed E-state index contributed by atoms with van der Waals surface area (Å²) in [5, 5.41) is 5.33. The van der Waals surface area contributed by atoms with E-state index in [0.717, 1.165) is 25.7 Å². The summed E-state index contributed by atoms with van der Waals surface area (Å²) in [4.78, 5) is 23.6. The van der Waals surface area contributed by atoms with Gasteiger partial charge in [0.25, 0.3) is 5.91 Å². The summed E-state index contributed by atoms with van der Waals surface area (Å²) in [6.07, 6.45) is 4.05. The fraction of sp³-hybridized carbons (Fsp3) is 0.500. The third-order valence-electron chi connectivity index (χ3n) is 4.08. The highest BCUT2D eigenvalue weighted by Gasteiger charge is 2.25. The summed E-state index contributed by atoms with van der Waals surface area (Å²) in [6.45, 7) is 1.51. The number of benzene rings is 1. The van der Waals surface area contributed by atoms with Crippen molar-refractivity contribution in [2.75, 3.05) is 7.05 Å². The number of amides is 2. The molecule has 0 aromatic heterocycles. The topological polar surface area (TPSA) is 104 Å². The SMILES string of the molecule is CNC(=O)c1ccc(S(=O)(=O)N[C@@H](C)C(=O)NC2CCCC2)cc1. The first-order chi connectivity index (χ1) is 11.3. The number of rotatable bonds is 6. The van der Waals surface area contributed by atoms with E-state index in [1.54, 1.807) is 0 Å². The lowest BCUT2D eigenvalue weighted by Crippen LogP contribution is -2.47. The molecule has 0 heterocycles. The Morgan fingerprint density at radius 1 is 1.12 bits per heavy atom. The van der Waals surface area contributed by atoms with Crippen LogP contribution in [0.25, 0.3) is 0 Å². The van der Waals surface area contributed by atoms with Crippen molar-refractivity contribution in [3.8, 4) is 0 Å². The Hall–Kier alpha value is -1.93. The van der Waals surface area contributed by atoms with Gasteiger partial charge in [0, 0.05) is 18.7 Å². The molecule has 1 aromatic rings. The zero-order chi connectivity index (χ0) is 17.7. The fourth-order valence-electron chi connectivity index (χ4n) is 2.68. The molecule has 1 aromatic carbocycles. The van der Waals surface area contributed by atoms with Crippen LogP contribution in [0.2, 0.25) is 0 Å². The predicted octanol–water partition coefficient (Wildman–Crippen LogP) is 0.772. The van der Waals surface area contributed by atoms with Crippen molar-refractivity contribution in [1.82, 2.24) is 15.4 Å². The standard InChI is InChI=1S/C16H23N3O4S/c1-11(15(20)18-13-5-3-4-6-13)19-24(22,23)14-9-7-12(8-10-14)16(21)17-2/h7-11,13,19H,3-6H2,1-2H3,(H,17,21)(H,18,20)/t11-/m0/s1. The molecular formula is C16H23N3O4S. The lowest BCUT2D eigenvalue weighted by molar-refractivity contribution is -0.123. The van der Waals surface area contributed by atoms with Gasteiger partial charge < -0.3 is 10.6 Å². The molecule has 0 bridgehead atoms. The molecule has 0 radical (unpaired) electrons. The monoisotopic (exact) mass is 353 g/mol. The zero-order valence-electron chi connectivity index (χ0n) is 13.8. The van der Waals surface area contributed by atoms with Gasteiger partial charge in [-0.05, 0) is 44.0 Å². The molecule has 2 rings (SSSR count). The van der Waals surface area contributed by atoms with E-state index in [0.29, 0.717) is 5.56 Å². The van der Waals surface area contributed by atoms with Gasteiger partial charge in [0.2, 0.25) is 15.9 Å². The molecule has 0 unspecified atom stereocenters. The summed E-state index contributed by atoms with van der Waals surface area (Å²) in [5.41, 5.74) is 0.364. The number of nitrogens with one attached hydrogen (secondary N) is 3. The van der Waals surface area contributed by atoms with Crippen LogP contribution in [0.4, 0.5) is 0 Å². The number of carbonyl (C=O) groups excluding carboxylic acids is 2. The molecule has 0 spiro atoms. The minimum Gasteiger partial charge on any atom is -0.355 e. The van der Waals surface area contributed by atoms with Gasteiger partial charge in [0.05, 0.1) is 10.9 Å². The highest BCUT2D eigenvalue weighted by atomic mass is 32.2. The molecule has 2 amide bonds. The maximum atomic E-state index is 12.3. The minimum absolute atomic E-state index is 0.00988. The first-order valence-electron chi connectivity index (χ1n) is 7.98. The quantitative estimate of drug-likeness (QED) is 0.703. The summed E-state index contributed by atoms with van der Waals surface area (Å²) in [7, 11) is -2.33. The molecule has 8 heteroatoms. The first-order valence-corrected chi connectivity index (χ1v) is 9.46. The Kier molecular flexibility index (Phi) is 5.95. The highest BCUT2D eigenvalue weighted by Crippen LogP contribution is 2.18. The largest absolute Gasteiger partial charge is 0.355 e. The van der Waals surface area contributed by atoms with Crippen molar-refractivity contribution in [3.63, 3.8) is 0 Å².